The van der Waals surface area contributed by atoms with Gasteiger partial charge >= 0.3 is 0 Å². The maximum Gasteiger partial charge on any atom is 0.0790 e. The Balaban J connectivity index is 2.49. The summed E-state index contributed by atoms with van der Waals surface area (Å²) < 4.78 is 0. The predicted octanol–water partition coefficient (Wildman–Crippen LogP) is 2.20. The van der Waals surface area contributed by atoms with Crippen LogP contribution in [0.1, 0.15) is 36.2 Å². The van der Waals surface area contributed by atoms with Crippen LogP contribution in [0.4, 0.5) is 0 Å². The summed E-state index contributed by atoms with van der Waals surface area (Å²) in [5.74, 6) is 0.701. The van der Waals surface area contributed by atoms with Gasteiger partial charge in [0.05, 0.1) is 6.17 Å². The third-order valence-electron chi connectivity index (χ3n) is 2.98. The monoisotopic (exact) mass is 202 g/mol. The molecule has 0 aromatic heterocycles. The van der Waals surface area contributed by atoms with Crippen LogP contribution in [0.2, 0.25) is 0 Å². The van der Waals surface area contributed by atoms with Gasteiger partial charge in [0.25, 0.3) is 0 Å². The van der Waals surface area contributed by atoms with Crippen molar-refractivity contribution in [3.8, 4) is 0 Å². The third-order valence-corrected chi connectivity index (χ3v) is 2.98. The molecule has 1 unspecified atom stereocenters. The van der Waals surface area contributed by atoms with Crippen LogP contribution in [0.5, 0.6) is 0 Å². The molecular formula is C13H18N2. The van der Waals surface area contributed by atoms with E-state index in [2.05, 4.69) is 25.1 Å². The Morgan fingerprint density at radius 1 is 1.33 bits per heavy atom. The van der Waals surface area contributed by atoms with Gasteiger partial charge < -0.3 is 11.5 Å². The lowest BCUT2D eigenvalue weighted by Crippen LogP contribution is -2.21. The summed E-state index contributed by atoms with van der Waals surface area (Å²) in [6.45, 7) is 2.27. The number of allylic oxidation sites excluding steroid dienone is 1. The molecule has 1 atom stereocenters. The summed E-state index contributed by atoms with van der Waals surface area (Å²) in [4.78, 5) is 0. The number of rotatable bonds is 1. The van der Waals surface area contributed by atoms with Crippen molar-refractivity contribution in [1.29, 1.82) is 0 Å². The Hall–Kier alpha value is -1.12. The van der Waals surface area contributed by atoms with E-state index >= 15 is 0 Å². The van der Waals surface area contributed by atoms with Gasteiger partial charge in [-0.1, -0.05) is 37.3 Å². The minimum Gasteiger partial charge on any atom is -0.312 e. The quantitative estimate of drug-likeness (QED) is 0.686. The second-order valence-corrected chi connectivity index (χ2v) is 4.39. The average molecular weight is 202 g/mol. The van der Waals surface area contributed by atoms with Crippen LogP contribution >= 0.6 is 0 Å². The number of nitrogens with two attached hydrogens (primary N) is 2. The second-order valence-electron chi connectivity index (χ2n) is 4.39. The van der Waals surface area contributed by atoms with E-state index in [-0.39, 0.29) is 6.17 Å². The molecular weight excluding hydrogens is 184 g/mol. The van der Waals surface area contributed by atoms with Gasteiger partial charge in [-0.3, -0.25) is 0 Å². The van der Waals surface area contributed by atoms with Crippen LogP contribution in [0.3, 0.4) is 0 Å². The molecule has 0 bridgehead atoms. The standard InChI is InChI=1S/C13H18N2/c1-9-4-2-6-11-10(8-9)5-3-7-12(11)13(14)15/h2-3,5-7,9,13H,4,8,14-15H2,1H3. The highest BCUT2D eigenvalue weighted by Gasteiger charge is 2.13. The molecule has 0 radical (unpaired) electrons. The Bertz CT molecular complexity index is 380. The van der Waals surface area contributed by atoms with E-state index < -0.39 is 0 Å². The number of hydrogen-bond donors (Lipinski definition) is 2. The zero-order valence-corrected chi connectivity index (χ0v) is 9.11. The van der Waals surface area contributed by atoms with E-state index in [1.807, 2.05) is 12.1 Å². The highest BCUT2D eigenvalue weighted by atomic mass is 14.8. The summed E-state index contributed by atoms with van der Waals surface area (Å²) >= 11 is 0. The molecule has 0 amide bonds. The molecule has 2 heteroatoms. The zero-order valence-electron chi connectivity index (χ0n) is 9.11. The molecule has 0 fully saturated rings. The van der Waals surface area contributed by atoms with E-state index in [1.165, 1.54) is 11.1 Å². The van der Waals surface area contributed by atoms with E-state index in [4.69, 9.17) is 11.5 Å². The summed E-state index contributed by atoms with van der Waals surface area (Å²) in [5.41, 5.74) is 15.2. The molecule has 0 spiro atoms. The van der Waals surface area contributed by atoms with Crippen LogP contribution in [-0.2, 0) is 6.42 Å². The maximum absolute atomic E-state index is 5.77. The Kier molecular flexibility index (Phi) is 2.89. The molecule has 0 saturated heterocycles. The molecule has 0 aliphatic heterocycles. The average Bonchev–Trinajstić information content (AvgIpc) is 2.37. The summed E-state index contributed by atoms with van der Waals surface area (Å²) in [5, 5.41) is 0. The van der Waals surface area contributed by atoms with Crippen LogP contribution < -0.4 is 11.5 Å². The SMILES string of the molecule is CC1CC=Cc2c(cccc2C(N)N)C1. The topological polar surface area (TPSA) is 52.0 Å². The lowest BCUT2D eigenvalue weighted by Gasteiger charge is -2.14. The van der Waals surface area contributed by atoms with E-state index in [0.29, 0.717) is 5.92 Å². The molecule has 0 saturated carbocycles. The molecule has 2 nitrogen and oxygen atoms in total. The van der Waals surface area contributed by atoms with Crippen molar-refractivity contribution in [3.05, 3.63) is 41.0 Å². The fourth-order valence-corrected chi connectivity index (χ4v) is 2.18. The van der Waals surface area contributed by atoms with Gasteiger partial charge in [-0.15, -0.1) is 0 Å². The smallest absolute Gasteiger partial charge is 0.0790 e. The second kappa shape index (κ2) is 4.17. The lowest BCUT2D eigenvalue weighted by molar-refractivity contribution is 0.593. The normalized spacial score (nSPS) is 20.1. The van der Waals surface area contributed by atoms with Crippen molar-refractivity contribution in [2.45, 2.75) is 25.9 Å². The first-order valence-electron chi connectivity index (χ1n) is 5.48. The number of benzene rings is 1. The van der Waals surface area contributed by atoms with Gasteiger partial charge in [-0.2, -0.15) is 0 Å². The van der Waals surface area contributed by atoms with Gasteiger partial charge in [0.1, 0.15) is 0 Å². The zero-order chi connectivity index (χ0) is 10.8. The van der Waals surface area contributed by atoms with Crippen molar-refractivity contribution in [1.82, 2.24) is 0 Å². The van der Waals surface area contributed by atoms with Gasteiger partial charge in [0, 0.05) is 0 Å². The van der Waals surface area contributed by atoms with Gasteiger partial charge in [-0.05, 0) is 35.4 Å². The first kappa shape index (κ1) is 10.4. The summed E-state index contributed by atoms with van der Waals surface area (Å²) in [7, 11) is 0. The highest BCUT2D eigenvalue weighted by Crippen LogP contribution is 2.26. The Morgan fingerprint density at radius 2 is 2.13 bits per heavy atom. The van der Waals surface area contributed by atoms with E-state index in [1.54, 1.807) is 0 Å². The molecule has 2 rings (SSSR count). The van der Waals surface area contributed by atoms with E-state index in [9.17, 15) is 0 Å². The van der Waals surface area contributed by atoms with Crippen LogP contribution in [-0.4, -0.2) is 0 Å². The van der Waals surface area contributed by atoms with E-state index in [0.717, 1.165) is 18.4 Å². The minimum absolute atomic E-state index is 0.377. The van der Waals surface area contributed by atoms with Crippen LogP contribution in [0.25, 0.3) is 6.08 Å². The van der Waals surface area contributed by atoms with Crippen molar-refractivity contribution in [2.24, 2.45) is 17.4 Å². The molecule has 1 aliphatic rings. The fourth-order valence-electron chi connectivity index (χ4n) is 2.18. The van der Waals surface area contributed by atoms with Crippen molar-refractivity contribution in [2.75, 3.05) is 0 Å². The summed E-state index contributed by atoms with van der Waals surface area (Å²) in [6.07, 6.45) is 6.26. The number of hydrogen-bond acceptors (Lipinski definition) is 2. The first-order chi connectivity index (χ1) is 7.18. The molecule has 80 valence electrons. The predicted molar refractivity (Wildman–Crippen MR) is 64.1 cm³/mol. The van der Waals surface area contributed by atoms with Gasteiger partial charge in [0.2, 0.25) is 0 Å². The van der Waals surface area contributed by atoms with Crippen LogP contribution in [0.15, 0.2) is 24.3 Å². The molecule has 15 heavy (non-hydrogen) atoms. The maximum atomic E-state index is 5.77. The molecule has 1 aliphatic carbocycles. The lowest BCUT2D eigenvalue weighted by atomic mass is 9.94. The van der Waals surface area contributed by atoms with Crippen molar-refractivity contribution >= 4 is 6.08 Å². The number of fused-ring (bicyclic) bond motifs is 1. The fraction of sp³-hybridized carbons (Fsp3) is 0.385. The van der Waals surface area contributed by atoms with Gasteiger partial charge in [-0.25, -0.2) is 0 Å². The van der Waals surface area contributed by atoms with Crippen LogP contribution in [0, 0.1) is 5.92 Å². The molecule has 1 aromatic rings. The largest absolute Gasteiger partial charge is 0.312 e. The molecule has 4 N–H and O–H groups in total. The van der Waals surface area contributed by atoms with Crippen molar-refractivity contribution < 1.29 is 0 Å². The Labute approximate surface area is 91.0 Å². The third kappa shape index (κ3) is 2.11. The minimum atomic E-state index is -0.377. The summed E-state index contributed by atoms with van der Waals surface area (Å²) in [6, 6.07) is 6.24. The molecule has 0 heterocycles. The first-order valence-corrected chi connectivity index (χ1v) is 5.48. The Morgan fingerprint density at radius 3 is 2.87 bits per heavy atom. The highest BCUT2D eigenvalue weighted by molar-refractivity contribution is 5.59. The van der Waals surface area contributed by atoms with Gasteiger partial charge in [0.15, 0.2) is 0 Å². The van der Waals surface area contributed by atoms with Crippen molar-refractivity contribution in [3.63, 3.8) is 0 Å². The molecule has 1 aromatic carbocycles.